The van der Waals surface area contributed by atoms with Gasteiger partial charge in [0, 0.05) is 17.1 Å². The molecule has 1 atom stereocenters. The highest BCUT2D eigenvalue weighted by Gasteiger charge is 2.23. The van der Waals surface area contributed by atoms with E-state index in [9.17, 15) is 9.59 Å². The number of pyridine rings is 1. The van der Waals surface area contributed by atoms with E-state index in [4.69, 9.17) is 0 Å². The largest absolute Gasteiger partial charge is 0.360 e. The highest BCUT2D eigenvalue weighted by molar-refractivity contribution is 5.97. The van der Waals surface area contributed by atoms with Crippen LogP contribution in [0.2, 0.25) is 0 Å². The van der Waals surface area contributed by atoms with Crippen LogP contribution in [0.4, 0.5) is 0 Å². The SMILES string of the molecule is O=C(N[C@H]1CCCc2ccccc21)c1c[nH]c2ccccc2c1=O. The molecule has 0 fully saturated rings. The molecule has 1 aromatic heterocycles. The number of carbonyl (C=O) groups is 1. The van der Waals surface area contributed by atoms with Gasteiger partial charge in [0.1, 0.15) is 5.56 Å². The molecule has 24 heavy (non-hydrogen) atoms. The molecule has 0 unspecified atom stereocenters. The van der Waals surface area contributed by atoms with Crippen LogP contribution in [0.1, 0.15) is 40.4 Å². The number of aryl methyl sites for hydroxylation is 1. The summed E-state index contributed by atoms with van der Waals surface area (Å²) in [4.78, 5) is 28.3. The van der Waals surface area contributed by atoms with Gasteiger partial charge in [0.15, 0.2) is 0 Å². The summed E-state index contributed by atoms with van der Waals surface area (Å²) in [6, 6.07) is 15.4. The third-order valence-electron chi connectivity index (χ3n) is 4.71. The molecule has 0 saturated heterocycles. The number of benzene rings is 2. The number of amides is 1. The Morgan fingerprint density at radius 3 is 2.79 bits per heavy atom. The molecule has 2 aromatic carbocycles. The van der Waals surface area contributed by atoms with Crippen LogP contribution in [0.3, 0.4) is 0 Å². The van der Waals surface area contributed by atoms with E-state index in [1.165, 1.54) is 11.8 Å². The molecule has 0 radical (unpaired) electrons. The molecular formula is C20H18N2O2. The van der Waals surface area contributed by atoms with Crippen molar-refractivity contribution in [3.63, 3.8) is 0 Å². The predicted molar refractivity (Wildman–Crippen MR) is 94.2 cm³/mol. The number of aromatic amines is 1. The summed E-state index contributed by atoms with van der Waals surface area (Å²) in [7, 11) is 0. The van der Waals surface area contributed by atoms with Crippen LogP contribution in [0.5, 0.6) is 0 Å². The van der Waals surface area contributed by atoms with E-state index in [0.717, 1.165) is 30.3 Å². The molecule has 3 aromatic rings. The normalized spacial score (nSPS) is 16.6. The van der Waals surface area contributed by atoms with Crippen LogP contribution < -0.4 is 10.7 Å². The first-order chi connectivity index (χ1) is 11.7. The zero-order valence-corrected chi connectivity index (χ0v) is 13.2. The second kappa shape index (κ2) is 5.96. The first-order valence-corrected chi connectivity index (χ1v) is 8.23. The van der Waals surface area contributed by atoms with Gasteiger partial charge in [-0.2, -0.15) is 0 Å². The number of aromatic nitrogens is 1. The van der Waals surface area contributed by atoms with Crippen LogP contribution in [-0.2, 0) is 6.42 Å². The van der Waals surface area contributed by atoms with Crippen LogP contribution in [0, 0.1) is 0 Å². The van der Waals surface area contributed by atoms with E-state index in [1.807, 2.05) is 24.3 Å². The van der Waals surface area contributed by atoms with Crippen molar-refractivity contribution < 1.29 is 4.79 Å². The van der Waals surface area contributed by atoms with Gasteiger partial charge in [-0.05, 0) is 42.5 Å². The smallest absolute Gasteiger partial charge is 0.257 e. The van der Waals surface area contributed by atoms with Crippen LogP contribution in [0.15, 0.2) is 59.5 Å². The van der Waals surface area contributed by atoms with Gasteiger partial charge < -0.3 is 10.3 Å². The van der Waals surface area contributed by atoms with Gasteiger partial charge in [-0.15, -0.1) is 0 Å². The minimum atomic E-state index is -0.316. The summed E-state index contributed by atoms with van der Waals surface area (Å²) in [6.45, 7) is 0. The lowest BCUT2D eigenvalue weighted by atomic mass is 9.87. The molecule has 1 heterocycles. The summed E-state index contributed by atoms with van der Waals surface area (Å²) in [6.07, 6.45) is 4.48. The highest BCUT2D eigenvalue weighted by Crippen LogP contribution is 2.29. The van der Waals surface area contributed by atoms with Crippen molar-refractivity contribution in [1.82, 2.24) is 10.3 Å². The Balaban J connectivity index is 1.66. The fraction of sp³-hybridized carbons (Fsp3) is 0.200. The van der Waals surface area contributed by atoms with Gasteiger partial charge in [0.25, 0.3) is 5.91 Å². The number of rotatable bonds is 2. The Kier molecular flexibility index (Phi) is 3.65. The number of nitrogens with one attached hydrogen (secondary N) is 2. The first kappa shape index (κ1) is 14.7. The van der Waals surface area contributed by atoms with E-state index >= 15 is 0 Å². The second-order valence-corrected chi connectivity index (χ2v) is 6.19. The quantitative estimate of drug-likeness (QED) is 0.761. The van der Waals surface area contributed by atoms with Gasteiger partial charge in [0.05, 0.1) is 6.04 Å². The lowest BCUT2D eigenvalue weighted by Gasteiger charge is -2.26. The van der Waals surface area contributed by atoms with E-state index in [1.54, 1.807) is 12.1 Å². The minimum absolute atomic E-state index is 0.0340. The molecule has 4 heteroatoms. The topological polar surface area (TPSA) is 62.0 Å². The maximum Gasteiger partial charge on any atom is 0.257 e. The Bertz CT molecular complexity index is 975. The summed E-state index contributed by atoms with van der Waals surface area (Å²) in [5.41, 5.74) is 3.11. The molecule has 0 bridgehead atoms. The van der Waals surface area contributed by atoms with Crippen LogP contribution >= 0.6 is 0 Å². The number of para-hydroxylation sites is 1. The van der Waals surface area contributed by atoms with Gasteiger partial charge in [0.2, 0.25) is 5.43 Å². The van der Waals surface area contributed by atoms with Crippen molar-refractivity contribution in [1.29, 1.82) is 0 Å². The summed E-state index contributed by atoms with van der Waals surface area (Å²) in [5, 5.41) is 3.57. The lowest BCUT2D eigenvalue weighted by molar-refractivity contribution is 0.0931. The molecule has 0 aliphatic heterocycles. The molecule has 0 spiro atoms. The summed E-state index contributed by atoms with van der Waals surface area (Å²) < 4.78 is 0. The molecule has 4 nitrogen and oxygen atoms in total. The molecule has 1 aliphatic carbocycles. The van der Waals surface area contributed by atoms with Gasteiger partial charge in [-0.25, -0.2) is 0 Å². The lowest BCUT2D eigenvalue weighted by Crippen LogP contribution is -2.34. The number of carbonyl (C=O) groups excluding carboxylic acids is 1. The van der Waals surface area contributed by atoms with Gasteiger partial charge >= 0.3 is 0 Å². The standard InChI is InChI=1S/C20H18N2O2/c23-19-15-9-3-4-10-17(15)21-12-16(19)20(24)22-18-11-5-7-13-6-1-2-8-14(13)18/h1-4,6,8-10,12,18H,5,7,11H2,(H,21,23)(H,22,24)/t18-/m0/s1. The average Bonchev–Trinajstić information content (AvgIpc) is 2.62. The van der Waals surface area contributed by atoms with Crippen molar-refractivity contribution in [2.24, 2.45) is 0 Å². The molecule has 1 amide bonds. The number of hydrogen-bond donors (Lipinski definition) is 2. The Morgan fingerprint density at radius 2 is 1.88 bits per heavy atom. The van der Waals surface area contributed by atoms with Gasteiger partial charge in [-0.1, -0.05) is 36.4 Å². The van der Waals surface area contributed by atoms with Crippen molar-refractivity contribution in [2.75, 3.05) is 0 Å². The van der Waals surface area contributed by atoms with E-state index in [-0.39, 0.29) is 22.9 Å². The highest BCUT2D eigenvalue weighted by atomic mass is 16.2. The predicted octanol–water partition coefficient (Wildman–Crippen LogP) is 3.34. The molecular weight excluding hydrogens is 300 g/mol. The average molecular weight is 318 g/mol. The monoisotopic (exact) mass is 318 g/mol. The summed E-state index contributed by atoms with van der Waals surface area (Å²) >= 11 is 0. The number of fused-ring (bicyclic) bond motifs is 2. The molecule has 0 saturated carbocycles. The first-order valence-electron chi connectivity index (χ1n) is 8.23. The van der Waals surface area contributed by atoms with Crippen molar-refractivity contribution in [2.45, 2.75) is 25.3 Å². The van der Waals surface area contributed by atoms with Crippen LogP contribution in [0.25, 0.3) is 10.9 Å². The number of hydrogen-bond acceptors (Lipinski definition) is 2. The van der Waals surface area contributed by atoms with E-state index in [2.05, 4.69) is 22.4 Å². The second-order valence-electron chi connectivity index (χ2n) is 6.19. The van der Waals surface area contributed by atoms with E-state index < -0.39 is 0 Å². The zero-order valence-electron chi connectivity index (χ0n) is 13.2. The minimum Gasteiger partial charge on any atom is -0.360 e. The Labute approximate surface area is 139 Å². The Morgan fingerprint density at radius 1 is 1.08 bits per heavy atom. The Hall–Kier alpha value is -2.88. The third-order valence-corrected chi connectivity index (χ3v) is 4.71. The van der Waals surface area contributed by atoms with Crippen molar-refractivity contribution in [3.8, 4) is 0 Å². The maximum absolute atomic E-state index is 12.7. The van der Waals surface area contributed by atoms with E-state index in [0.29, 0.717) is 5.39 Å². The van der Waals surface area contributed by atoms with Crippen molar-refractivity contribution in [3.05, 3.63) is 81.6 Å². The fourth-order valence-electron chi connectivity index (χ4n) is 3.48. The molecule has 2 N–H and O–H groups in total. The van der Waals surface area contributed by atoms with Crippen LogP contribution in [-0.4, -0.2) is 10.9 Å². The molecule has 1 aliphatic rings. The summed E-state index contributed by atoms with van der Waals surface area (Å²) in [5.74, 6) is -0.316. The van der Waals surface area contributed by atoms with Gasteiger partial charge in [-0.3, -0.25) is 9.59 Å². The fourth-order valence-corrected chi connectivity index (χ4v) is 3.48. The van der Waals surface area contributed by atoms with Crippen molar-refractivity contribution >= 4 is 16.8 Å². The number of H-pyrrole nitrogens is 1. The third kappa shape index (κ3) is 2.50. The molecule has 4 rings (SSSR count). The maximum atomic E-state index is 12.7. The zero-order chi connectivity index (χ0) is 16.5. The molecule has 120 valence electrons.